The smallest absolute Gasteiger partial charge is 0.384 e. The van der Waals surface area contributed by atoms with E-state index in [1.54, 1.807) is 0 Å². The van der Waals surface area contributed by atoms with E-state index in [1.807, 2.05) is 0 Å². The number of nitrogen functional groups attached to an aromatic ring is 1. The number of rotatable bonds is 2. The van der Waals surface area contributed by atoms with Crippen LogP contribution in [0.2, 0.25) is 10.0 Å². The predicted octanol–water partition coefficient (Wildman–Crippen LogP) is 4.20. The molecule has 2 aromatic rings. The van der Waals surface area contributed by atoms with Gasteiger partial charge in [-0.25, -0.2) is 11.3 Å². The second kappa shape index (κ2) is 5.47. The van der Waals surface area contributed by atoms with Gasteiger partial charge in [-0.05, 0) is 12.1 Å². The van der Waals surface area contributed by atoms with E-state index in [9.17, 15) is 13.2 Å². The molecular formula is C12H7Cl2F3N4. The molecule has 0 amide bonds. The molecule has 0 aliphatic carbocycles. The predicted molar refractivity (Wildman–Crippen MR) is 73.3 cm³/mol. The Morgan fingerprint density at radius 3 is 2.29 bits per heavy atom. The van der Waals surface area contributed by atoms with Crippen LogP contribution >= 0.6 is 23.2 Å². The van der Waals surface area contributed by atoms with E-state index >= 15 is 0 Å². The number of aromatic nitrogens is 2. The molecule has 21 heavy (non-hydrogen) atoms. The number of alkyl halides is 3. The highest BCUT2D eigenvalue weighted by Gasteiger charge is 2.32. The Bertz CT molecular complexity index is 708. The molecule has 0 aliphatic rings. The van der Waals surface area contributed by atoms with Crippen LogP contribution in [0, 0.1) is 6.57 Å². The molecular weight excluding hydrogens is 328 g/mol. The molecule has 0 spiro atoms. The summed E-state index contributed by atoms with van der Waals surface area (Å²) in [6.45, 7) is 6.76. The first-order valence-electron chi connectivity index (χ1n) is 5.48. The van der Waals surface area contributed by atoms with E-state index in [-0.39, 0.29) is 28.1 Å². The summed E-state index contributed by atoms with van der Waals surface area (Å²) >= 11 is 11.7. The molecule has 0 radical (unpaired) electrons. The fourth-order valence-corrected chi connectivity index (χ4v) is 2.36. The van der Waals surface area contributed by atoms with Crippen LogP contribution in [-0.2, 0) is 12.7 Å². The largest absolute Gasteiger partial charge is 0.416 e. The topological polar surface area (TPSA) is 48.2 Å². The van der Waals surface area contributed by atoms with E-state index < -0.39 is 11.7 Å². The standard InChI is InChI=1S/C12H7Cl2F3N4/c1-19-5-7-4-10(18)21(20-7)11-8(13)2-6(3-9(11)14)12(15,16)17/h2-4H,5,18H2. The lowest BCUT2D eigenvalue weighted by Crippen LogP contribution is -2.08. The van der Waals surface area contributed by atoms with Crippen LogP contribution in [0.5, 0.6) is 0 Å². The molecule has 1 aromatic carbocycles. The van der Waals surface area contributed by atoms with E-state index in [1.165, 1.54) is 6.07 Å². The maximum atomic E-state index is 12.7. The third kappa shape index (κ3) is 3.06. The summed E-state index contributed by atoms with van der Waals surface area (Å²) in [4.78, 5) is 3.15. The molecule has 0 aliphatic heterocycles. The first-order valence-corrected chi connectivity index (χ1v) is 6.24. The minimum absolute atomic E-state index is 0.00687. The normalized spacial score (nSPS) is 11.4. The van der Waals surface area contributed by atoms with Gasteiger partial charge in [0.2, 0.25) is 0 Å². The van der Waals surface area contributed by atoms with Gasteiger partial charge in [0.25, 0.3) is 6.54 Å². The third-order valence-electron chi connectivity index (χ3n) is 2.58. The molecule has 0 unspecified atom stereocenters. The highest BCUT2D eigenvalue weighted by molar-refractivity contribution is 6.37. The summed E-state index contributed by atoms with van der Waals surface area (Å²) in [5.74, 6) is 0.122. The minimum Gasteiger partial charge on any atom is -0.384 e. The van der Waals surface area contributed by atoms with Gasteiger partial charge >= 0.3 is 6.18 Å². The van der Waals surface area contributed by atoms with Crippen molar-refractivity contribution in [2.75, 3.05) is 5.73 Å². The zero-order valence-electron chi connectivity index (χ0n) is 10.2. The van der Waals surface area contributed by atoms with Gasteiger partial charge in [0, 0.05) is 6.07 Å². The molecule has 9 heteroatoms. The highest BCUT2D eigenvalue weighted by Crippen LogP contribution is 2.38. The summed E-state index contributed by atoms with van der Waals surface area (Å²) in [5.41, 5.74) is 5.17. The molecule has 4 nitrogen and oxygen atoms in total. The number of benzene rings is 1. The molecule has 2 N–H and O–H groups in total. The zero-order valence-corrected chi connectivity index (χ0v) is 11.8. The van der Waals surface area contributed by atoms with E-state index in [0.717, 1.165) is 16.8 Å². The Morgan fingerprint density at radius 1 is 1.24 bits per heavy atom. The average molecular weight is 335 g/mol. The molecule has 0 saturated carbocycles. The van der Waals surface area contributed by atoms with Crippen LogP contribution in [0.3, 0.4) is 0 Å². The number of anilines is 1. The van der Waals surface area contributed by atoms with Crippen LogP contribution in [0.25, 0.3) is 10.5 Å². The third-order valence-corrected chi connectivity index (χ3v) is 3.16. The van der Waals surface area contributed by atoms with Gasteiger partial charge in [0.05, 0.1) is 15.6 Å². The number of nitrogens with two attached hydrogens (primary N) is 1. The summed E-state index contributed by atoms with van der Waals surface area (Å²) in [6, 6.07) is 2.93. The lowest BCUT2D eigenvalue weighted by molar-refractivity contribution is -0.137. The van der Waals surface area contributed by atoms with Gasteiger partial charge in [-0.15, -0.1) is 0 Å². The Hall–Kier alpha value is -1.91. The van der Waals surface area contributed by atoms with Crippen LogP contribution in [-0.4, -0.2) is 9.78 Å². The van der Waals surface area contributed by atoms with Gasteiger partial charge in [0.15, 0.2) is 0 Å². The molecule has 0 bridgehead atoms. The SMILES string of the molecule is [C-]#[N+]Cc1cc(N)n(-c2c(Cl)cc(C(F)(F)F)cc2Cl)n1. The summed E-state index contributed by atoms with van der Waals surface area (Å²) < 4.78 is 39.1. The van der Waals surface area contributed by atoms with E-state index in [2.05, 4.69) is 9.94 Å². The number of hydrogen-bond donors (Lipinski definition) is 1. The molecule has 2 rings (SSSR count). The quantitative estimate of drug-likeness (QED) is 0.836. The summed E-state index contributed by atoms with van der Waals surface area (Å²) in [7, 11) is 0. The van der Waals surface area contributed by atoms with Crippen molar-refractivity contribution in [1.29, 1.82) is 0 Å². The van der Waals surface area contributed by atoms with Crippen molar-refractivity contribution in [3.63, 3.8) is 0 Å². The van der Waals surface area contributed by atoms with Crippen molar-refractivity contribution in [3.05, 3.63) is 50.9 Å². The molecule has 0 fully saturated rings. The molecule has 0 saturated heterocycles. The fraction of sp³-hybridized carbons (Fsp3) is 0.167. The monoisotopic (exact) mass is 334 g/mol. The Labute approximate surface area is 127 Å². The van der Waals surface area contributed by atoms with Crippen molar-refractivity contribution in [1.82, 2.24) is 9.78 Å². The van der Waals surface area contributed by atoms with Crippen molar-refractivity contribution in [2.24, 2.45) is 0 Å². The summed E-state index contributed by atoms with van der Waals surface area (Å²) in [5, 5.41) is 3.54. The first-order chi connectivity index (χ1) is 9.74. The Morgan fingerprint density at radius 2 is 1.81 bits per heavy atom. The fourth-order valence-electron chi connectivity index (χ4n) is 1.72. The summed E-state index contributed by atoms with van der Waals surface area (Å²) in [6.07, 6.45) is -4.56. The maximum absolute atomic E-state index is 12.7. The molecule has 1 aromatic heterocycles. The molecule has 0 atom stereocenters. The molecule has 1 heterocycles. The van der Waals surface area contributed by atoms with Crippen LogP contribution < -0.4 is 5.73 Å². The second-order valence-electron chi connectivity index (χ2n) is 4.07. The maximum Gasteiger partial charge on any atom is 0.416 e. The van der Waals surface area contributed by atoms with Crippen LogP contribution in [0.4, 0.5) is 19.0 Å². The Kier molecular flexibility index (Phi) is 4.03. The number of nitrogens with zero attached hydrogens (tertiary/aromatic N) is 3. The van der Waals surface area contributed by atoms with Gasteiger partial charge in [-0.2, -0.15) is 18.3 Å². The zero-order chi connectivity index (χ0) is 15.8. The van der Waals surface area contributed by atoms with Crippen LogP contribution in [0.1, 0.15) is 11.3 Å². The van der Waals surface area contributed by atoms with Gasteiger partial charge in [-0.1, -0.05) is 23.2 Å². The van der Waals surface area contributed by atoms with Crippen molar-refractivity contribution < 1.29 is 13.2 Å². The van der Waals surface area contributed by atoms with Crippen LogP contribution in [0.15, 0.2) is 18.2 Å². The highest BCUT2D eigenvalue weighted by atomic mass is 35.5. The average Bonchev–Trinajstić information content (AvgIpc) is 2.69. The lowest BCUT2D eigenvalue weighted by Gasteiger charge is -2.13. The van der Waals surface area contributed by atoms with Gasteiger partial charge in [-0.3, -0.25) is 0 Å². The number of hydrogen-bond acceptors (Lipinski definition) is 2. The molecule has 110 valence electrons. The van der Waals surface area contributed by atoms with Crippen molar-refractivity contribution in [3.8, 4) is 5.69 Å². The van der Waals surface area contributed by atoms with Crippen molar-refractivity contribution >= 4 is 29.0 Å². The second-order valence-corrected chi connectivity index (χ2v) is 4.89. The van der Waals surface area contributed by atoms with Gasteiger partial charge < -0.3 is 10.6 Å². The van der Waals surface area contributed by atoms with E-state index in [4.69, 9.17) is 35.5 Å². The Balaban J connectivity index is 2.58. The minimum atomic E-state index is -4.56. The van der Waals surface area contributed by atoms with Gasteiger partial charge in [0.1, 0.15) is 17.2 Å². The van der Waals surface area contributed by atoms with Crippen molar-refractivity contribution in [2.45, 2.75) is 12.7 Å². The lowest BCUT2D eigenvalue weighted by atomic mass is 10.2. The van der Waals surface area contributed by atoms with E-state index in [0.29, 0.717) is 5.69 Å². The first kappa shape index (κ1) is 15.5. The number of halogens is 5.